The fraction of sp³-hybridized carbons (Fsp3) is 0.429. The first-order chi connectivity index (χ1) is 15.3. The standard InChI is InChI=1S/C21H22BrClN2O6S/c1-30-18(27)12-31-19-14(22)8-13(9-15(19)23)10-16-20(28)25(21(29)32-16)11-17(26)24-6-4-2-3-5-7-24/h8-10H,2-7,11-12H2,1H3. The molecule has 2 aliphatic heterocycles. The van der Waals surface area contributed by atoms with Crippen LogP contribution in [0.1, 0.15) is 31.2 Å². The van der Waals surface area contributed by atoms with E-state index in [-0.39, 0.29) is 34.7 Å². The Morgan fingerprint density at radius 2 is 1.88 bits per heavy atom. The molecule has 2 heterocycles. The minimum Gasteiger partial charge on any atom is -0.479 e. The van der Waals surface area contributed by atoms with Crippen molar-refractivity contribution in [2.24, 2.45) is 0 Å². The summed E-state index contributed by atoms with van der Waals surface area (Å²) in [7, 11) is 1.25. The van der Waals surface area contributed by atoms with E-state index in [0.29, 0.717) is 23.1 Å². The molecule has 0 bridgehead atoms. The van der Waals surface area contributed by atoms with Crippen LogP contribution in [-0.4, -0.2) is 66.2 Å². The maximum atomic E-state index is 12.8. The van der Waals surface area contributed by atoms with E-state index in [1.54, 1.807) is 17.0 Å². The van der Waals surface area contributed by atoms with Crippen molar-refractivity contribution in [1.29, 1.82) is 0 Å². The number of thioether (sulfide) groups is 1. The number of likely N-dealkylation sites (tertiary alicyclic amines) is 1. The normalized spacial score (nSPS) is 18.2. The van der Waals surface area contributed by atoms with Crippen LogP contribution in [0.15, 0.2) is 21.5 Å². The highest BCUT2D eigenvalue weighted by atomic mass is 79.9. The number of imide groups is 1. The average Bonchev–Trinajstić information content (AvgIpc) is 2.95. The molecule has 0 aliphatic carbocycles. The molecular weight excluding hydrogens is 524 g/mol. The first kappa shape index (κ1) is 24.6. The highest BCUT2D eigenvalue weighted by Gasteiger charge is 2.37. The van der Waals surface area contributed by atoms with Crippen molar-refractivity contribution >= 4 is 68.4 Å². The van der Waals surface area contributed by atoms with Gasteiger partial charge in [0.25, 0.3) is 11.1 Å². The zero-order chi connectivity index (χ0) is 23.3. The molecule has 2 aliphatic rings. The van der Waals surface area contributed by atoms with Crippen LogP contribution in [0, 0.1) is 0 Å². The number of halogens is 2. The number of carbonyl (C=O) groups is 4. The summed E-state index contributed by atoms with van der Waals surface area (Å²) in [5.41, 5.74) is 0.552. The van der Waals surface area contributed by atoms with Crippen molar-refractivity contribution in [1.82, 2.24) is 9.80 Å². The van der Waals surface area contributed by atoms with Crippen LogP contribution in [0.5, 0.6) is 5.75 Å². The maximum absolute atomic E-state index is 12.8. The van der Waals surface area contributed by atoms with Crippen LogP contribution < -0.4 is 4.74 Å². The van der Waals surface area contributed by atoms with E-state index in [9.17, 15) is 19.2 Å². The predicted octanol–water partition coefficient (Wildman–Crippen LogP) is 4.09. The SMILES string of the molecule is COC(=O)COc1c(Cl)cc(C=C2SC(=O)N(CC(=O)N3CCCCCC3)C2=O)cc1Br. The third kappa shape index (κ3) is 6.05. The van der Waals surface area contributed by atoms with Crippen LogP contribution >= 0.6 is 39.3 Å². The summed E-state index contributed by atoms with van der Waals surface area (Å²) in [5.74, 6) is -1.03. The highest BCUT2D eigenvalue weighted by molar-refractivity contribution is 9.10. The summed E-state index contributed by atoms with van der Waals surface area (Å²) in [6, 6.07) is 3.20. The lowest BCUT2D eigenvalue weighted by Gasteiger charge is -2.22. The van der Waals surface area contributed by atoms with Gasteiger partial charge in [0.1, 0.15) is 6.54 Å². The average molecular weight is 546 g/mol. The van der Waals surface area contributed by atoms with Crippen LogP contribution in [0.3, 0.4) is 0 Å². The van der Waals surface area contributed by atoms with Gasteiger partial charge in [-0.25, -0.2) is 4.79 Å². The van der Waals surface area contributed by atoms with E-state index in [2.05, 4.69) is 20.7 Å². The van der Waals surface area contributed by atoms with Gasteiger partial charge in [0.15, 0.2) is 12.4 Å². The van der Waals surface area contributed by atoms with Crippen molar-refractivity contribution < 1.29 is 28.7 Å². The van der Waals surface area contributed by atoms with Crippen molar-refractivity contribution in [2.75, 3.05) is 33.4 Å². The molecule has 0 spiro atoms. The van der Waals surface area contributed by atoms with Gasteiger partial charge < -0.3 is 14.4 Å². The number of rotatable bonds is 6. The molecule has 0 aromatic heterocycles. The highest BCUT2D eigenvalue weighted by Crippen LogP contribution is 2.37. The van der Waals surface area contributed by atoms with Gasteiger partial charge in [-0.1, -0.05) is 24.4 Å². The molecule has 2 saturated heterocycles. The Balaban J connectivity index is 1.71. The molecule has 0 radical (unpaired) electrons. The quantitative estimate of drug-likeness (QED) is 0.393. The summed E-state index contributed by atoms with van der Waals surface area (Å²) >= 11 is 10.4. The molecule has 8 nitrogen and oxygen atoms in total. The van der Waals surface area contributed by atoms with Crippen molar-refractivity contribution in [3.8, 4) is 5.75 Å². The van der Waals surface area contributed by atoms with Gasteiger partial charge in [-0.2, -0.15) is 0 Å². The molecule has 0 N–H and O–H groups in total. The second kappa shape index (κ2) is 11.2. The summed E-state index contributed by atoms with van der Waals surface area (Å²) in [4.78, 5) is 52.0. The van der Waals surface area contributed by atoms with E-state index in [0.717, 1.165) is 42.3 Å². The van der Waals surface area contributed by atoms with Gasteiger partial charge in [0.2, 0.25) is 5.91 Å². The topological polar surface area (TPSA) is 93.2 Å². The van der Waals surface area contributed by atoms with Gasteiger partial charge in [0.05, 0.1) is 21.5 Å². The minimum absolute atomic E-state index is 0.199. The van der Waals surface area contributed by atoms with Crippen LogP contribution in [0.2, 0.25) is 5.02 Å². The van der Waals surface area contributed by atoms with Crippen molar-refractivity contribution in [3.05, 3.63) is 32.1 Å². The Hall–Kier alpha value is -2.04. The molecule has 2 fully saturated rings. The minimum atomic E-state index is -0.555. The zero-order valence-corrected chi connectivity index (χ0v) is 20.6. The number of nitrogens with zero attached hydrogens (tertiary/aromatic N) is 2. The van der Waals surface area contributed by atoms with Gasteiger partial charge in [-0.15, -0.1) is 0 Å². The largest absolute Gasteiger partial charge is 0.479 e. The summed E-state index contributed by atoms with van der Waals surface area (Å²) in [6.07, 6.45) is 5.56. The summed E-state index contributed by atoms with van der Waals surface area (Å²) < 4.78 is 10.4. The van der Waals surface area contributed by atoms with Gasteiger partial charge in [0, 0.05) is 13.1 Å². The third-order valence-corrected chi connectivity index (χ3v) is 6.78. The molecule has 0 atom stereocenters. The predicted molar refractivity (Wildman–Crippen MR) is 124 cm³/mol. The fourth-order valence-electron chi connectivity index (χ4n) is 3.33. The van der Waals surface area contributed by atoms with E-state index in [1.807, 2.05) is 0 Å². The molecule has 0 saturated carbocycles. The molecule has 1 aromatic carbocycles. The lowest BCUT2D eigenvalue weighted by Crippen LogP contribution is -2.42. The molecule has 1 aromatic rings. The Morgan fingerprint density at radius 3 is 2.50 bits per heavy atom. The van der Waals surface area contributed by atoms with E-state index in [4.69, 9.17) is 16.3 Å². The number of amides is 3. The smallest absolute Gasteiger partial charge is 0.343 e. The molecule has 3 amide bonds. The number of ether oxygens (including phenoxy) is 2. The van der Waals surface area contributed by atoms with Crippen molar-refractivity contribution in [2.45, 2.75) is 25.7 Å². The van der Waals surface area contributed by atoms with Crippen LogP contribution in [-0.2, 0) is 19.1 Å². The second-order valence-electron chi connectivity index (χ2n) is 7.24. The van der Waals surface area contributed by atoms with Crippen molar-refractivity contribution in [3.63, 3.8) is 0 Å². The Kier molecular flexibility index (Phi) is 8.61. The van der Waals surface area contributed by atoms with E-state index in [1.165, 1.54) is 13.2 Å². The Bertz CT molecular complexity index is 939. The first-order valence-electron chi connectivity index (χ1n) is 10.0. The molecule has 32 heavy (non-hydrogen) atoms. The lowest BCUT2D eigenvalue weighted by atomic mass is 10.2. The number of hydrogen-bond acceptors (Lipinski definition) is 7. The van der Waals surface area contributed by atoms with E-state index >= 15 is 0 Å². The molecule has 172 valence electrons. The molecule has 3 rings (SSSR count). The van der Waals surface area contributed by atoms with Crippen LogP contribution in [0.25, 0.3) is 6.08 Å². The Morgan fingerprint density at radius 1 is 1.19 bits per heavy atom. The first-order valence-corrected chi connectivity index (χ1v) is 12.0. The zero-order valence-electron chi connectivity index (χ0n) is 17.4. The number of benzene rings is 1. The van der Waals surface area contributed by atoms with Gasteiger partial charge in [-0.3, -0.25) is 19.3 Å². The number of esters is 1. The summed E-state index contributed by atoms with van der Waals surface area (Å²) in [6.45, 7) is 0.745. The number of hydrogen-bond donors (Lipinski definition) is 0. The van der Waals surface area contributed by atoms with Gasteiger partial charge in [-0.05, 0) is 64.3 Å². The molecule has 11 heteroatoms. The monoisotopic (exact) mass is 544 g/mol. The molecule has 0 unspecified atom stereocenters. The second-order valence-corrected chi connectivity index (χ2v) is 9.50. The Labute approximate surface area is 203 Å². The van der Waals surface area contributed by atoms with Gasteiger partial charge >= 0.3 is 5.97 Å². The third-order valence-electron chi connectivity index (χ3n) is 5.01. The lowest BCUT2D eigenvalue weighted by molar-refractivity contribution is -0.143. The van der Waals surface area contributed by atoms with E-state index < -0.39 is 17.1 Å². The number of carbonyl (C=O) groups excluding carboxylic acids is 4. The maximum Gasteiger partial charge on any atom is 0.343 e. The fourth-order valence-corrected chi connectivity index (χ4v) is 5.16. The number of methoxy groups -OCH3 is 1. The molecular formula is C21H22BrClN2O6S. The van der Waals surface area contributed by atoms with Crippen LogP contribution in [0.4, 0.5) is 4.79 Å². The summed E-state index contributed by atoms with van der Waals surface area (Å²) in [5, 5.41) is -0.266.